The molecule has 2 aliphatic heterocycles. The summed E-state index contributed by atoms with van der Waals surface area (Å²) in [6.45, 7) is 2.95. The number of morpholine rings is 1. The molecule has 6 nitrogen and oxygen atoms in total. The van der Waals surface area contributed by atoms with Crippen molar-refractivity contribution in [1.82, 2.24) is 0 Å². The second kappa shape index (κ2) is 7.39. The molecule has 0 radical (unpaired) electrons. The average molecular weight is 329 g/mol. The molecule has 1 aromatic rings. The highest BCUT2D eigenvalue weighted by molar-refractivity contribution is 5.59. The van der Waals surface area contributed by atoms with E-state index >= 15 is 0 Å². The van der Waals surface area contributed by atoms with Crippen molar-refractivity contribution < 1.29 is 23.0 Å². The summed E-state index contributed by atoms with van der Waals surface area (Å²) < 4.78 is 44.9. The van der Waals surface area contributed by atoms with E-state index in [1.54, 1.807) is 9.80 Å². The van der Waals surface area contributed by atoms with Crippen molar-refractivity contribution >= 4 is 11.4 Å². The molecule has 2 fully saturated rings. The number of benzene rings is 1. The van der Waals surface area contributed by atoms with E-state index in [2.05, 4.69) is 0 Å². The first-order valence-electron chi connectivity index (χ1n) is 7.65. The Morgan fingerprint density at radius 3 is 2.43 bits per heavy atom. The molecule has 23 heavy (non-hydrogen) atoms. The molecule has 0 bridgehead atoms. The van der Waals surface area contributed by atoms with Gasteiger partial charge in [0.2, 0.25) is 0 Å². The Morgan fingerprint density at radius 2 is 1.78 bits per heavy atom. The maximum atomic E-state index is 14.5. The third-order valence-corrected chi connectivity index (χ3v) is 4.02. The molecule has 0 saturated carbocycles. The Morgan fingerprint density at radius 1 is 1.09 bits per heavy atom. The van der Waals surface area contributed by atoms with Gasteiger partial charge in [-0.15, -0.1) is 0 Å². The minimum atomic E-state index is -0.587. The molecule has 8 heteroatoms. The van der Waals surface area contributed by atoms with Gasteiger partial charge in [0.15, 0.2) is 11.6 Å². The lowest BCUT2D eigenvalue weighted by molar-refractivity contribution is -0.0615. The van der Waals surface area contributed by atoms with Gasteiger partial charge in [-0.2, -0.15) is 0 Å². The van der Waals surface area contributed by atoms with Gasteiger partial charge < -0.3 is 29.7 Å². The lowest BCUT2D eigenvalue weighted by Gasteiger charge is -2.30. The van der Waals surface area contributed by atoms with Crippen LogP contribution in [0.5, 0.6) is 0 Å². The zero-order chi connectivity index (χ0) is 16.2. The van der Waals surface area contributed by atoms with E-state index in [1.165, 1.54) is 12.1 Å². The van der Waals surface area contributed by atoms with Crippen molar-refractivity contribution in [2.45, 2.75) is 6.10 Å². The fourth-order valence-corrected chi connectivity index (χ4v) is 2.79. The lowest BCUT2D eigenvalue weighted by atomic mass is 10.2. The highest BCUT2D eigenvalue weighted by atomic mass is 19.1. The zero-order valence-electron chi connectivity index (χ0n) is 12.8. The van der Waals surface area contributed by atoms with E-state index in [1.807, 2.05) is 0 Å². The molecule has 2 saturated heterocycles. The summed E-state index contributed by atoms with van der Waals surface area (Å²) >= 11 is 0. The van der Waals surface area contributed by atoms with Crippen LogP contribution >= 0.6 is 0 Å². The molecule has 0 aliphatic carbocycles. The SMILES string of the molecule is NC[C@H]1CN(c2cc(F)c(N3CCOCC3)c(F)c2)COCO1. The van der Waals surface area contributed by atoms with Crippen molar-refractivity contribution in [3.05, 3.63) is 23.8 Å². The first-order valence-corrected chi connectivity index (χ1v) is 7.65. The molecule has 0 aromatic heterocycles. The van der Waals surface area contributed by atoms with Gasteiger partial charge in [0.25, 0.3) is 0 Å². The molecule has 2 N–H and O–H groups in total. The maximum absolute atomic E-state index is 14.5. The fraction of sp³-hybridized carbons (Fsp3) is 0.600. The number of hydrogen-bond donors (Lipinski definition) is 1. The van der Waals surface area contributed by atoms with Gasteiger partial charge in [-0.25, -0.2) is 8.78 Å². The molecular weight excluding hydrogens is 308 g/mol. The largest absolute Gasteiger partial charge is 0.378 e. The molecule has 2 aliphatic rings. The van der Waals surface area contributed by atoms with Crippen LogP contribution in [0.15, 0.2) is 12.1 Å². The zero-order valence-corrected chi connectivity index (χ0v) is 12.8. The average Bonchev–Trinajstić information content (AvgIpc) is 2.81. The smallest absolute Gasteiger partial charge is 0.151 e. The highest BCUT2D eigenvalue weighted by Gasteiger charge is 2.24. The minimum absolute atomic E-state index is 0.000542. The number of nitrogens with zero attached hydrogens (tertiary/aromatic N) is 2. The highest BCUT2D eigenvalue weighted by Crippen LogP contribution is 2.30. The third kappa shape index (κ3) is 3.72. The quantitative estimate of drug-likeness (QED) is 0.889. The Hall–Kier alpha value is -1.48. The van der Waals surface area contributed by atoms with Crippen LogP contribution in [-0.2, 0) is 14.2 Å². The predicted molar refractivity (Wildman–Crippen MR) is 81.5 cm³/mol. The van der Waals surface area contributed by atoms with Gasteiger partial charge in [-0.05, 0) is 12.1 Å². The monoisotopic (exact) mass is 329 g/mol. The van der Waals surface area contributed by atoms with E-state index in [-0.39, 0.29) is 25.3 Å². The van der Waals surface area contributed by atoms with Gasteiger partial charge in [-0.3, -0.25) is 0 Å². The molecule has 1 atom stereocenters. The van der Waals surface area contributed by atoms with Gasteiger partial charge in [0, 0.05) is 31.9 Å². The van der Waals surface area contributed by atoms with Crippen LogP contribution in [0, 0.1) is 11.6 Å². The Bertz CT molecular complexity index is 518. The van der Waals surface area contributed by atoms with Gasteiger partial charge in [0.05, 0.1) is 19.3 Å². The van der Waals surface area contributed by atoms with Crippen LogP contribution in [0.4, 0.5) is 20.2 Å². The fourth-order valence-electron chi connectivity index (χ4n) is 2.79. The summed E-state index contributed by atoms with van der Waals surface area (Å²) in [6, 6.07) is 2.66. The molecule has 3 rings (SSSR count). The molecule has 128 valence electrons. The van der Waals surface area contributed by atoms with E-state index in [0.717, 1.165) is 0 Å². The number of rotatable bonds is 3. The molecule has 2 heterocycles. The van der Waals surface area contributed by atoms with Gasteiger partial charge in [-0.1, -0.05) is 0 Å². The summed E-state index contributed by atoms with van der Waals surface area (Å²) in [4.78, 5) is 3.39. The summed E-state index contributed by atoms with van der Waals surface area (Å²) in [5.41, 5.74) is 6.04. The van der Waals surface area contributed by atoms with Crippen molar-refractivity contribution in [3.8, 4) is 0 Å². The standard InChI is InChI=1S/C15H21F2N3O3/c16-13-5-11(20-8-12(7-18)23-10-22-9-20)6-14(17)15(13)19-1-3-21-4-2-19/h5-6,12H,1-4,7-10,18H2/t12-/m0/s1. The minimum Gasteiger partial charge on any atom is -0.378 e. The van der Waals surface area contributed by atoms with Crippen LogP contribution in [0.25, 0.3) is 0 Å². The Balaban J connectivity index is 1.83. The summed E-state index contributed by atoms with van der Waals surface area (Å²) in [5, 5.41) is 0. The second-order valence-corrected chi connectivity index (χ2v) is 5.56. The summed E-state index contributed by atoms with van der Waals surface area (Å²) in [6.07, 6.45) is -0.234. The van der Waals surface area contributed by atoms with Crippen LogP contribution in [-0.4, -0.2) is 59.0 Å². The first-order chi connectivity index (χ1) is 11.2. The maximum Gasteiger partial charge on any atom is 0.151 e. The number of nitrogens with two attached hydrogens (primary N) is 1. The summed E-state index contributed by atoms with van der Waals surface area (Å²) in [5.74, 6) is -1.17. The molecule has 0 spiro atoms. The van der Waals surface area contributed by atoms with Gasteiger partial charge in [0.1, 0.15) is 19.2 Å². The first kappa shape index (κ1) is 16.4. The number of ether oxygens (including phenoxy) is 3. The third-order valence-electron chi connectivity index (χ3n) is 4.02. The molecule has 0 unspecified atom stereocenters. The van der Waals surface area contributed by atoms with Crippen molar-refractivity contribution in [1.29, 1.82) is 0 Å². The Labute approximate surface area is 133 Å². The molecule has 0 amide bonds. The molecular formula is C15H21F2N3O3. The van der Waals surface area contributed by atoms with Crippen molar-refractivity contribution in [2.75, 3.05) is 62.7 Å². The Kier molecular flexibility index (Phi) is 5.27. The number of halogens is 2. The van der Waals surface area contributed by atoms with Crippen LogP contribution in [0.2, 0.25) is 0 Å². The predicted octanol–water partition coefficient (Wildman–Crippen LogP) is 0.897. The van der Waals surface area contributed by atoms with Gasteiger partial charge >= 0.3 is 0 Å². The van der Waals surface area contributed by atoms with E-state index in [4.69, 9.17) is 19.9 Å². The van der Waals surface area contributed by atoms with E-state index in [0.29, 0.717) is 45.1 Å². The van der Waals surface area contributed by atoms with E-state index in [9.17, 15) is 8.78 Å². The second-order valence-electron chi connectivity index (χ2n) is 5.56. The van der Waals surface area contributed by atoms with Crippen molar-refractivity contribution in [3.63, 3.8) is 0 Å². The molecule has 1 aromatic carbocycles. The van der Waals surface area contributed by atoms with Crippen LogP contribution in [0.3, 0.4) is 0 Å². The van der Waals surface area contributed by atoms with E-state index < -0.39 is 11.6 Å². The summed E-state index contributed by atoms with van der Waals surface area (Å²) in [7, 11) is 0. The topological polar surface area (TPSA) is 60.2 Å². The normalized spacial score (nSPS) is 23.0. The lowest BCUT2D eigenvalue weighted by Crippen LogP contribution is -2.38. The van der Waals surface area contributed by atoms with Crippen LogP contribution < -0.4 is 15.5 Å². The number of anilines is 2. The number of hydrogen-bond acceptors (Lipinski definition) is 6. The van der Waals surface area contributed by atoms with Crippen molar-refractivity contribution in [2.24, 2.45) is 5.73 Å². The van der Waals surface area contributed by atoms with Crippen LogP contribution in [0.1, 0.15) is 0 Å².